The lowest BCUT2D eigenvalue weighted by molar-refractivity contribution is 0.470. The average molecular weight is 434 g/mol. The zero-order valence-corrected chi connectivity index (χ0v) is 16.3. The van der Waals surface area contributed by atoms with Crippen LogP contribution in [0.5, 0.6) is 0 Å². The molecular formula is C17H28FIN4. The van der Waals surface area contributed by atoms with Crippen molar-refractivity contribution >= 4 is 35.6 Å². The second-order valence-corrected chi connectivity index (χ2v) is 5.70. The van der Waals surface area contributed by atoms with Gasteiger partial charge in [-0.2, -0.15) is 0 Å². The smallest absolute Gasteiger partial charge is 0.191 e. The molecule has 1 heterocycles. The Hall–Kier alpha value is -1.05. The predicted molar refractivity (Wildman–Crippen MR) is 107 cm³/mol. The summed E-state index contributed by atoms with van der Waals surface area (Å²) < 4.78 is 12.2. The van der Waals surface area contributed by atoms with Gasteiger partial charge in [0.05, 0.1) is 12.7 Å². The topological polar surface area (TPSA) is 39.7 Å². The van der Waals surface area contributed by atoms with Crippen molar-refractivity contribution in [1.29, 1.82) is 0 Å². The molecule has 0 saturated carbocycles. The molecule has 4 nitrogen and oxygen atoms in total. The lowest BCUT2D eigenvalue weighted by Gasteiger charge is -2.22. The zero-order chi connectivity index (χ0) is 15.8. The number of benzene rings is 1. The van der Waals surface area contributed by atoms with Gasteiger partial charge in [-0.25, -0.2) is 0 Å². The van der Waals surface area contributed by atoms with Gasteiger partial charge in [-0.15, -0.1) is 24.0 Å². The van der Waals surface area contributed by atoms with Crippen LogP contribution < -0.4 is 15.5 Å². The predicted octanol–water partition coefficient (Wildman–Crippen LogP) is 3.49. The van der Waals surface area contributed by atoms with Gasteiger partial charge in [0.1, 0.15) is 0 Å². The summed E-state index contributed by atoms with van der Waals surface area (Å²) in [6, 6.07) is 8.82. The fourth-order valence-electron chi connectivity index (χ4n) is 2.72. The van der Waals surface area contributed by atoms with E-state index < -0.39 is 0 Å². The fraction of sp³-hybridized carbons (Fsp3) is 0.588. The number of hydrogen-bond donors (Lipinski definition) is 2. The van der Waals surface area contributed by atoms with Crippen LogP contribution in [0.25, 0.3) is 0 Å². The molecule has 23 heavy (non-hydrogen) atoms. The van der Waals surface area contributed by atoms with Crippen molar-refractivity contribution in [2.75, 3.05) is 38.3 Å². The zero-order valence-electron chi connectivity index (χ0n) is 14.0. The number of alkyl halides is 1. The minimum atomic E-state index is -0.308. The van der Waals surface area contributed by atoms with Crippen molar-refractivity contribution in [2.45, 2.75) is 32.2 Å². The third-order valence-corrected chi connectivity index (χ3v) is 4.02. The summed E-state index contributed by atoms with van der Waals surface area (Å²) >= 11 is 0. The molecule has 1 aromatic rings. The molecule has 1 atom stereocenters. The van der Waals surface area contributed by atoms with Gasteiger partial charge >= 0.3 is 0 Å². The largest absolute Gasteiger partial charge is 0.372 e. The van der Waals surface area contributed by atoms with Crippen molar-refractivity contribution in [3.05, 3.63) is 29.8 Å². The molecule has 1 saturated heterocycles. The molecule has 1 fully saturated rings. The van der Waals surface area contributed by atoms with Crippen molar-refractivity contribution < 1.29 is 4.39 Å². The second-order valence-electron chi connectivity index (χ2n) is 5.70. The first-order valence-corrected chi connectivity index (χ1v) is 8.12. The van der Waals surface area contributed by atoms with Crippen molar-refractivity contribution in [2.24, 2.45) is 4.99 Å². The van der Waals surface area contributed by atoms with Crippen LogP contribution >= 0.6 is 24.0 Å². The van der Waals surface area contributed by atoms with Crippen LogP contribution in [0.4, 0.5) is 10.1 Å². The first-order valence-electron chi connectivity index (χ1n) is 8.12. The highest BCUT2D eigenvalue weighted by molar-refractivity contribution is 14.0. The Bertz CT molecular complexity index is 489. The highest BCUT2D eigenvalue weighted by Crippen LogP contribution is 2.23. The molecule has 130 valence electrons. The minimum absolute atomic E-state index is 0. The second kappa shape index (κ2) is 10.7. The molecule has 0 aliphatic carbocycles. The van der Waals surface area contributed by atoms with E-state index in [0.29, 0.717) is 18.9 Å². The summed E-state index contributed by atoms with van der Waals surface area (Å²) in [7, 11) is 1.73. The molecule has 0 amide bonds. The minimum Gasteiger partial charge on any atom is -0.372 e. The molecule has 2 N–H and O–H groups in total. The Morgan fingerprint density at radius 3 is 2.74 bits per heavy atom. The Kier molecular flexibility index (Phi) is 9.28. The van der Waals surface area contributed by atoms with Gasteiger partial charge < -0.3 is 15.5 Å². The molecular weight excluding hydrogens is 406 g/mol. The van der Waals surface area contributed by atoms with Gasteiger partial charge in [0, 0.05) is 32.4 Å². The van der Waals surface area contributed by atoms with E-state index in [1.54, 1.807) is 7.05 Å². The van der Waals surface area contributed by atoms with E-state index in [9.17, 15) is 4.39 Å². The highest BCUT2D eigenvalue weighted by atomic mass is 127. The Labute approximate surface area is 156 Å². The summed E-state index contributed by atoms with van der Waals surface area (Å²) in [5, 5.41) is 6.49. The van der Waals surface area contributed by atoms with Crippen LogP contribution in [0.2, 0.25) is 0 Å². The molecule has 1 aliphatic rings. The van der Waals surface area contributed by atoms with Crippen LogP contribution in [0, 0.1) is 0 Å². The molecule has 6 heteroatoms. The number of halogens is 2. The van der Waals surface area contributed by atoms with E-state index in [1.807, 2.05) is 0 Å². The normalized spacial score (nSPS) is 16.0. The summed E-state index contributed by atoms with van der Waals surface area (Å²) in [5.41, 5.74) is 2.53. The van der Waals surface area contributed by atoms with Crippen LogP contribution in [-0.2, 0) is 0 Å². The van der Waals surface area contributed by atoms with E-state index in [2.05, 4.69) is 51.7 Å². The number of rotatable bonds is 6. The summed E-state index contributed by atoms with van der Waals surface area (Å²) in [6.45, 7) is 4.70. The summed E-state index contributed by atoms with van der Waals surface area (Å²) in [6.07, 6.45) is 3.06. The lowest BCUT2D eigenvalue weighted by atomic mass is 10.1. The van der Waals surface area contributed by atoms with E-state index in [1.165, 1.54) is 24.1 Å². The SMILES string of the molecule is CN=C(NCCCF)NC(C)c1cccc(N2CCCC2)c1.I. The maximum Gasteiger partial charge on any atom is 0.191 e. The van der Waals surface area contributed by atoms with E-state index in [0.717, 1.165) is 13.1 Å². The maximum atomic E-state index is 12.2. The molecule has 1 unspecified atom stereocenters. The standard InChI is InChI=1S/C17H27FN4.HI/c1-14(21-17(19-2)20-10-6-9-18)15-7-5-8-16(13-15)22-11-3-4-12-22;/h5,7-8,13-14H,3-4,6,9-12H2,1-2H3,(H2,19,20,21);1H. The van der Waals surface area contributed by atoms with Crippen molar-refractivity contribution in [1.82, 2.24) is 10.6 Å². The fourth-order valence-corrected chi connectivity index (χ4v) is 2.72. The number of nitrogens with one attached hydrogen (secondary N) is 2. The Morgan fingerprint density at radius 1 is 1.35 bits per heavy atom. The molecule has 1 aromatic carbocycles. The van der Waals surface area contributed by atoms with Crippen LogP contribution in [0.1, 0.15) is 37.8 Å². The molecule has 0 spiro atoms. The Balaban J connectivity index is 0.00000264. The lowest BCUT2D eigenvalue weighted by Crippen LogP contribution is -2.39. The summed E-state index contributed by atoms with van der Waals surface area (Å²) in [5.74, 6) is 0.715. The van der Waals surface area contributed by atoms with Crippen LogP contribution in [0.3, 0.4) is 0 Å². The highest BCUT2D eigenvalue weighted by Gasteiger charge is 2.14. The molecule has 0 bridgehead atoms. The van der Waals surface area contributed by atoms with Crippen LogP contribution in [0.15, 0.2) is 29.3 Å². The van der Waals surface area contributed by atoms with Crippen molar-refractivity contribution in [3.8, 4) is 0 Å². The van der Waals surface area contributed by atoms with Gasteiger partial charge in [-0.1, -0.05) is 12.1 Å². The van der Waals surface area contributed by atoms with Gasteiger partial charge in [0.2, 0.25) is 0 Å². The number of hydrogen-bond acceptors (Lipinski definition) is 2. The van der Waals surface area contributed by atoms with Gasteiger partial charge in [0.15, 0.2) is 5.96 Å². The van der Waals surface area contributed by atoms with E-state index in [-0.39, 0.29) is 36.7 Å². The maximum absolute atomic E-state index is 12.2. The first-order chi connectivity index (χ1) is 10.7. The molecule has 0 aromatic heterocycles. The number of nitrogens with zero attached hydrogens (tertiary/aromatic N) is 2. The number of anilines is 1. The summed E-state index contributed by atoms with van der Waals surface area (Å²) in [4.78, 5) is 6.62. The quantitative estimate of drug-likeness (QED) is 0.312. The van der Waals surface area contributed by atoms with Gasteiger partial charge in [-0.3, -0.25) is 9.38 Å². The van der Waals surface area contributed by atoms with E-state index in [4.69, 9.17) is 0 Å². The monoisotopic (exact) mass is 434 g/mol. The molecule has 2 rings (SSSR count). The number of aliphatic imine (C=N–C) groups is 1. The van der Waals surface area contributed by atoms with Crippen molar-refractivity contribution in [3.63, 3.8) is 0 Å². The van der Waals surface area contributed by atoms with Crippen LogP contribution in [-0.4, -0.2) is 39.3 Å². The molecule has 1 aliphatic heterocycles. The van der Waals surface area contributed by atoms with Gasteiger partial charge in [0.25, 0.3) is 0 Å². The number of guanidine groups is 1. The third kappa shape index (κ3) is 6.16. The Morgan fingerprint density at radius 2 is 2.09 bits per heavy atom. The third-order valence-electron chi connectivity index (χ3n) is 4.02. The first kappa shape index (κ1) is 20.0. The van der Waals surface area contributed by atoms with Gasteiger partial charge in [-0.05, 0) is 43.9 Å². The average Bonchev–Trinajstić information content (AvgIpc) is 3.08. The van der Waals surface area contributed by atoms with E-state index >= 15 is 0 Å². The molecule has 0 radical (unpaired) electrons.